The van der Waals surface area contributed by atoms with Gasteiger partial charge in [-0.3, -0.25) is 19.3 Å². The lowest BCUT2D eigenvalue weighted by molar-refractivity contribution is -0.136. The summed E-state index contributed by atoms with van der Waals surface area (Å²) in [5.41, 5.74) is -0.281. The average molecular weight is 387 g/mol. The molecule has 3 saturated heterocycles. The van der Waals surface area contributed by atoms with Crippen molar-refractivity contribution >= 4 is 11.8 Å². The van der Waals surface area contributed by atoms with E-state index in [-0.39, 0.29) is 22.9 Å². The molecule has 0 spiro atoms. The van der Waals surface area contributed by atoms with Gasteiger partial charge in [0.1, 0.15) is 5.56 Å². The number of aromatic amines is 1. The van der Waals surface area contributed by atoms with Gasteiger partial charge in [-0.05, 0) is 45.1 Å². The summed E-state index contributed by atoms with van der Waals surface area (Å²) in [6.07, 6.45) is 8.72. The summed E-state index contributed by atoms with van der Waals surface area (Å²) >= 11 is 0. The topological polar surface area (TPSA) is 89.6 Å². The van der Waals surface area contributed by atoms with E-state index >= 15 is 0 Å². The van der Waals surface area contributed by atoms with Gasteiger partial charge in [-0.2, -0.15) is 0 Å². The molecular weight excluding hydrogens is 358 g/mol. The molecule has 0 saturated carbocycles. The van der Waals surface area contributed by atoms with Crippen molar-refractivity contribution in [3.05, 3.63) is 28.4 Å². The van der Waals surface area contributed by atoms with Crippen LogP contribution in [0.1, 0.15) is 48.9 Å². The summed E-state index contributed by atoms with van der Waals surface area (Å²) in [6.45, 7) is 4.99. The van der Waals surface area contributed by atoms with Gasteiger partial charge in [0.25, 0.3) is 11.5 Å². The standard InChI is InChI=1S/C20H29N5O3/c26-18-17(12-21-14-22-18)20(28)24-10-5-16(6-11-24)25-9-3-4-15(13-25)19(27)23-7-1-2-8-23/h12,14-16H,1-11,13H2,(H,21,22,26). The fraction of sp³-hybridized carbons (Fsp3) is 0.700. The third-order valence-corrected chi connectivity index (χ3v) is 6.44. The first-order valence-electron chi connectivity index (χ1n) is 10.5. The number of rotatable bonds is 3. The number of carbonyl (C=O) groups excluding carboxylic acids is 2. The summed E-state index contributed by atoms with van der Waals surface area (Å²) in [7, 11) is 0. The summed E-state index contributed by atoms with van der Waals surface area (Å²) in [5.74, 6) is 0.222. The lowest BCUT2D eigenvalue weighted by Gasteiger charge is -2.42. The second kappa shape index (κ2) is 8.43. The molecule has 1 aromatic heterocycles. The number of carbonyl (C=O) groups is 2. The van der Waals surface area contributed by atoms with Crippen molar-refractivity contribution < 1.29 is 9.59 Å². The van der Waals surface area contributed by atoms with E-state index in [1.165, 1.54) is 12.5 Å². The van der Waals surface area contributed by atoms with Crippen molar-refractivity contribution in [2.75, 3.05) is 39.3 Å². The maximum Gasteiger partial charge on any atom is 0.263 e. The molecule has 2 amide bonds. The van der Waals surface area contributed by atoms with E-state index in [0.717, 1.165) is 64.7 Å². The van der Waals surface area contributed by atoms with Gasteiger partial charge in [0, 0.05) is 45.0 Å². The molecule has 3 aliphatic rings. The summed E-state index contributed by atoms with van der Waals surface area (Å²) in [6, 6.07) is 0.408. The lowest BCUT2D eigenvalue weighted by Crippen LogP contribution is -2.52. The monoisotopic (exact) mass is 387 g/mol. The fourth-order valence-corrected chi connectivity index (χ4v) is 4.84. The number of hydrogen-bond donors (Lipinski definition) is 1. The van der Waals surface area contributed by atoms with Crippen LogP contribution >= 0.6 is 0 Å². The van der Waals surface area contributed by atoms with Crippen molar-refractivity contribution in [1.29, 1.82) is 0 Å². The van der Waals surface area contributed by atoms with Crippen molar-refractivity contribution in [3.63, 3.8) is 0 Å². The van der Waals surface area contributed by atoms with Crippen LogP contribution in [0.3, 0.4) is 0 Å². The molecule has 4 heterocycles. The second-order valence-electron chi connectivity index (χ2n) is 8.18. The van der Waals surface area contributed by atoms with Crippen LogP contribution in [-0.2, 0) is 4.79 Å². The highest BCUT2D eigenvalue weighted by atomic mass is 16.2. The largest absolute Gasteiger partial charge is 0.342 e. The molecule has 28 heavy (non-hydrogen) atoms. The van der Waals surface area contributed by atoms with Crippen molar-refractivity contribution in [2.24, 2.45) is 5.92 Å². The van der Waals surface area contributed by atoms with Crippen LogP contribution in [0.5, 0.6) is 0 Å². The Balaban J connectivity index is 1.32. The second-order valence-corrected chi connectivity index (χ2v) is 8.18. The van der Waals surface area contributed by atoms with Crippen LogP contribution in [-0.4, -0.2) is 81.8 Å². The number of piperidine rings is 2. The van der Waals surface area contributed by atoms with E-state index in [4.69, 9.17) is 0 Å². The number of nitrogens with zero attached hydrogens (tertiary/aromatic N) is 4. The van der Waals surface area contributed by atoms with Gasteiger partial charge >= 0.3 is 0 Å². The van der Waals surface area contributed by atoms with Crippen LogP contribution in [0.15, 0.2) is 17.3 Å². The number of hydrogen-bond acceptors (Lipinski definition) is 5. The summed E-state index contributed by atoms with van der Waals surface area (Å²) < 4.78 is 0. The van der Waals surface area contributed by atoms with Crippen LogP contribution in [0, 0.1) is 5.92 Å². The minimum absolute atomic E-state index is 0.107. The maximum atomic E-state index is 12.8. The third-order valence-electron chi connectivity index (χ3n) is 6.44. The molecule has 8 heteroatoms. The molecule has 1 aromatic rings. The Bertz CT molecular complexity index is 765. The quantitative estimate of drug-likeness (QED) is 0.825. The van der Waals surface area contributed by atoms with Crippen molar-refractivity contribution in [2.45, 2.75) is 44.6 Å². The van der Waals surface area contributed by atoms with Crippen LogP contribution in [0.2, 0.25) is 0 Å². The predicted molar refractivity (Wildman–Crippen MR) is 104 cm³/mol. The zero-order chi connectivity index (χ0) is 19.5. The maximum absolute atomic E-state index is 12.8. The Morgan fingerprint density at radius 3 is 2.43 bits per heavy atom. The van der Waals surface area contributed by atoms with Gasteiger partial charge in [-0.25, -0.2) is 4.98 Å². The highest BCUT2D eigenvalue weighted by Gasteiger charge is 2.35. The van der Waals surface area contributed by atoms with E-state index in [9.17, 15) is 14.4 Å². The van der Waals surface area contributed by atoms with Gasteiger partial charge in [0.2, 0.25) is 5.91 Å². The molecule has 0 aromatic carbocycles. The van der Waals surface area contributed by atoms with Gasteiger partial charge < -0.3 is 14.8 Å². The molecule has 0 bridgehead atoms. The summed E-state index contributed by atoms with van der Waals surface area (Å²) in [4.78, 5) is 49.8. The molecule has 152 valence electrons. The van der Waals surface area contributed by atoms with E-state index in [2.05, 4.69) is 14.9 Å². The highest BCUT2D eigenvalue weighted by molar-refractivity contribution is 5.93. The number of H-pyrrole nitrogens is 1. The Labute approximate surface area is 164 Å². The molecule has 3 aliphatic heterocycles. The zero-order valence-electron chi connectivity index (χ0n) is 16.3. The number of aromatic nitrogens is 2. The predicted octanol–water partition coefficient (Wildman–Crippen LogP) is 0.709. The van der Waals surface area contributed by atoms with Gasteiger partial charge in [0.15, 0.2) is 0 Å². The molecule has 1 atom stereocenters. The van der Waals surface area contributed by atoms with Gasteiger partial charge in [-0.1, -0.05) is 0 Å². The Kier molecular flexibility index (Phi) is 5.75. The molecule has 8 nitrogen and oxygen atoms in total. The Morgan fingerprint density at radius 1 is 0.964 bits per heavy atom. The Morgan fingerprint density at radius 2 is 1.71 bits per heavy atom. The van der Waals surface area contributed by atoms with Crippen molar-refractivity contribution in [1.82, 2.24) is 24.7 Å². The first kappa shape index (κ1) is 19.1. The fourth-order valence-electron chi connectivity index (χ4n) is 4.84. The van der Waals surface area contributed by atoms with E-state index < -0.39 is 0 Å². The van der Waals surface area contributed by atoms with Crippen LogP contribution in [0.4, 0.5) is 0 Å². The number of amides is 2. The van der Waals surface area contributed by atoms with E-state index in [0.29, 0.717) is 25.0 Å². The van der Waals surface area contributed by atoms with Gasteiger partial charge in [0.05, 0.1) is 12.2 Å². The third kappa shape index (κ3) is 3.97. The van der Waals surface area contributed by atoms with Crippen LogP contribution in [0.25, 0.3) is 0 Å². The molecule has 4 rings (SSSR count). The number of likely N-dealkylation sites (tertiary alicyclic amines) is 3. The first-order valence-corrected chi connectivity index (χ1v) is 10.5. The molecular formula is C20H29N5O3. The lowest BCUT2D eigenvalue weighted by atomic mass is 9.93. The normalized spacial score (nSPS) is 24.5. The molecule has 1 N–H and O–H groups in total. The van der Waals surface area contributed by atoms with E-state index in [1.54, 1.807) is 4.90 Å². The highest BCUT2D eigenvalue weighted by Crippen LogP contribution is 2.26. The van der Waals surface area contributed by atoms with Crippen LogP contribution < -0.4 is 5.56 Å². The Hall–Kier alpha value is -2.22. The SMILES string of the molecule is O=C(c1cnc[nH]c1=O)N1CCC(N2CCCC(C(=O)N3CCCC3)C2)CC1. The van der Waals surface area contributed by atoms with E-state index in [1.807, 2.05) is 4.90 Å². The molecule has 0 radical (unpaired) electrons. The molecule has 1 unspecified atom stereocenters. The van der Waals surface area contributed by atoms with Gasteiger partial charge in [-0.15, -0.1) is 0 Å². The van der Waals surface area contributed by atoms with Crippen molar-refractivity contribution in [3.8, 4) is 0 Å². The zero-order valence-corrected chi connectivity index (χ0v) is 16.3. The summed E-state index contributed by atoms with van der Waals surface area (Å²) in [5, 5.41) is 0. The smallest absolute Gasteiger partial charge is 0.263 e. The minimum Gasteiger partial charge on any atom is -0.342 e. The number of nitrogens with one attached hydrogen (secondary N) is 1. The molecule has 3 fully saturated rings. The molecule has 0 aliphatic carbocycles. The first-order chi connectivity index (χ1) is 13.6. The average Bonchev–Trinajstić information content (AvgIpc) is 3.28. The minimum atomic E-state index is -0.388.